The summed E-state index contributed by atoms with van der Waals surface area (Å²) >= 11 is 0. The zero-order chi connectivity index (χ0) is 11.5. The van der Waals surface area contributed by atoms with E-state index in [4.69, 9.17) is 0 Å². The van der Waals surface area contributed by atoms with Crippen LogP contribution in [-0.2, 0) is 0 Å². The number of benzene rings is 1. The lowest BCUT2D eigenvalue weighted by atomic mass is 10.1. The summed E-state index contributed by atoms with van der Waals surface area (Å²) in [5.74, 6) is -0.863. The van der Waals surface area contributed by atoms with E-state index >= 15 is 0 Å². The van der Waals surface area contributed by atoms with Crippen LogP contribution in [0.2, 0.25) is 0 Å². The Kier molecular flexibility index (Phi) is 2.91. The van der Waals surface area contributed by atoms with Crippen LogP contribution < -0.4 is 5.32 Å². The van der Waals surface area contributed by atoms with E-state index in [-0.39, 0.29) is 5.56 Å². The van der Waals surface area contributed by atoms with Crippen LogP contribution in [0.3, 0.4) is 0 Å². The second kappa shape index (κ2) is 4.36. The molecule has 0 bridgehead atoms. The largest absolute Gasteiger partial charge is 0.307 e. The van der Waals surface area contributed by atoms with Crippen molar-refractivity contribution in [3.05, 3.63) is 47.5 Å². The Morgan fingerprint density at radius 1 is 1.31 bits per heavy atom. The van der Waals surface area contributed by atoms with Gasteiger partial charge < -0.3 is 5.32 Å². The van der Waals surface area contributed by atoms with Gasteiger partial charge in [0.1, 0.15) is 23.8 Å². The summed E-state index contributed by atoms with van der Waals surface area (Å²) < 4.78 is 27.1. The first-order valence-corrected chi connectivity index (χ1v) is 4.70. The maximum Gasteiger partial charge on any atom is 0.146 e. The number of halogens is 2. The number of rotatable bonds is 3. The number of nitrogens with one attached hydrogen (secondary N) is 2. The van der Waals surface area contributed by atoms with Gasteiger partial charge in [0.25, 0.3) is 0 Å². The van der Waals surface area contributed by atoms with Gasteiger partial charge in [0, 0.05) is 5.56 Å². The fourth-order valence-corrected chi connectivity index (χ4v) is 1.56. The average Bonchev–Trinajstić information content (AvgIpc) is 2.77. The van der Waals surface area contributed by atoms with E-state index in [1.807, 2.05) is 0 Å². The molecule has 0 spiro atoms. The number of H-pyrrole nitrogens is 1. The molecule has 16 heavy (non-hydrogen) atoms. The lowest BCUT2D eigenvalue weighted by molar-refractivity contribution is 0.513. The Bertz CT molecular complexity index is 449. The molecule has 0 saturated carbocycles. The quantitative estimate of drug-likeness (QED) is 0.828. The van der Waals surface area contributed by atoms with E-state index in [2.05, 4.69) is 20.5 Å². The van der Waals surface area contributed by atoms with Crippen molar-refractivity contribution in [2.75, 3.05) is 7.05 Å². The molecule has 84 valence electrons. The first-order valence-electron chi connectivity index (χ1n) is 4.70. The number of aromatic nitrogens is 3. The Balaban J connectivity index is 2.49. The van der Waals surface area contributed by atoms with Crippen molar-refractivity contribution in [3.8, 4) is 0 Å². The fraction of sp³-hybridized carbons (Fsp3) is 0.200. The van der Waals surface area contributed by atoms with E-state index in [0.29, 0.717) is 5.82 Å². The van der Waals surface area contributed by atoms with Crippen LogP contribution in [0.25, 0.3) is 0 Å². The molecule has 1 heterocycles. The van der Waals surface area contributed by atoms with Gasteiger partial charge >= 0.3 is 0 Å². The Labute approximate surface area is 90.7 Å². The summed E-state index contributed by atoms with van der Waals surface area (Å²) in [6.45, 7) is 0. The maximum atomic E-state index is 13.5. The molecule has 1 atom stereocenters. The molecule has 4 nitrogen and oxygen atoms in total. The SMILES string of the molecule is CNC(c1ncn[nH]1)c1c(F)cccc1F. The summed E-state index contributed by atoms with van der Waals surface area (Å²) in [6.07, 6.45) is 1.29. The molecule has 2 aromatic rings. The second-order valence-electron chi connectivity index (χ2n) is 3.23. The van der Waals surface area contributed by atoms with Gasteiger partial charge in [0.2, 0.25) is 0 Å². The zero-order valence-corrected chi connectivity index (χ0v) is 8.54. The lowest BCUT2D eigenvalue weighted by Gasteiger charge is -2.15. The van der Waals surface area contributed by atoms with Gasteiger partial charge in [-0.1, -0.05) is 6.07 Å². The molecular weight excluding hydrogens is 214 g/mol. The summed E-state index contributed by atoms with van der Waals surface area (Å²) in [6, 6.07) is 3.06. The number of hydrogen-bond donors (Lipinski definition) is 2. The van der Waals surface area contributed by atoms with E-state index in [9.17, 15) is 8.78 Å². The van der Waals surface area contributed by atoms with Gasteiger partial charge in [-0.05, 0) is 19.2 Å². The smallest absolute Gasteiger partial charge is 0.146 e. The highest BCUT2D eigenvalue weighted by Gasteiger charge is 2.22. The fourth-order valence-electron chi connectivity index (χ4n) is 1.56. The molecule has 0 amide bonds. The highest BCUT2D eigenvalue weighted by Crippen LogP contribution is 2.23. The van der Waals surface area contributed by atoms with Crippen LogP contribution in [-0.4, -0.2) is 22.2 Å². The summed E-state index contributed by atoms with van der Waals surface area (Å²) in [5.41, 5.74) is -0.0678. The van der Waals surface area contributed by atoms with Gasteiger partial charge in [-0.3, -0.25) is 5.10 Å². The molecule has 2 N–H and O–H groups in total. The molecule has 0 aliphatic heterocycles. The minimum atomic E-state index is -0.677. The van der Waals surface area contributed by atoms with Crippen molar-refractivity contribution in [3.63, 3.8) is 0 Å². The second-order valence-corrected chi connectivity index (χ2v) is 3.23. The van der Waals surface area contributed by atoms with Crippen LogP contribution >= 0.6 is 0 Å². The summed E-state index contributed by atoms with van der Waals surface area (Å²) in [5, 5.41) is 9.03. The van der Waals surface area contributed by atoms with Gasteiger partial charge in [-0.25, -0.2) is 13.8 Å². The Hall–Kier alpha value is -1.82. The zero-order valence-electron chi connectivity index (χ0n) is 8.54. The average molecular weight is 224 g/mol. The molecule has 1 aromatic heterocycles. The van der Waals surface area contributed by atoms with Gasteiger partial charge in [-0.2, -0.15) is 5.10 Å². The van der Waals surface area contributed by atoms with E-state index in [0.717, 1.165) is 0 Å². The summed E-state index contributed by atoms with van der Waals surface area (Å²) in [7, 11) is 1.60. The molecule has 0 aliphatic rings. The van der Waals surface area contributed by atoms with Crippen molar-refractivity contribution in [1.29, 1.82) is 0 Å². The normalized spacial score (nSPS) is 12.7. The minimum Gasteiger partial charge on any atom is -0.307 e. The third-order valence-corrected chi connectivity index (χ3v) is 2.28. The standard InChI is InChI=1S/C10H10F2N4/c1-13-9(10-14-5-15-16-10)8-6(11)3-2-4-7(8)12/h2-5,9,13H,1H3,(H,14,15,16). The molecule has 6 heteroatoms. The summed E-state index contributed by atoms with van der Waals surface area (Å²) in [4.78, 5) is 3.88. The predicted molar refractivity (Wildman–Crippen MR) is 53.6 cm³/mol. The van der Waals surface area contributed by atoms with Gasteiger partial charge in [0.05, 0.1) is 6.04 Å². The number of nitrogens with zero attached hydrogens (tertiary/aromatic N) is 2. The molecule has 0 aliphatic carbocycles. The van der Waals surface area contributed by atoms with Crippen LogP contribution in [0.15, 0.2) is 24.5 Å². The third kappa shape index (κ3) is 1.79. The van der Waals surface area contributed by atoms with Crippen LogP contribution in [0, 0.1) is 11.6 Å². The molecule has 2 rings (SSSR count). The minimum absolute atomic E-state index is 0.0678. The van der Waals surface area contributed by atoms with E-state index < -0.39 is 17.7 Å². The first-order chi connectivity index (χ1) is 7.74. The first kappa shape index (κ1) is 10.7. The van der Waals surface area contributed by atoms with E-state index in [1.165, 1.54) is 24.5 Å². The van der Waals surface area contributed by atoms with Crippen LogP contribution in [0.5, 0.6) is 0 Å². The number of hydrogen-bond acceptors (Lipinski definition) is 3. The molecule has 0 fully saturated rings. The van der Waals surface area contributed by atoms with Crippen LogP contribution in [0.1, 0.15) is 17.4 Å². The molecular formula is C10H10F2N4. The molecule has 1 unspecified atom stereocenters. The Morgan fingerprint density at radius 2 is 2.00 bits per heavy atom. The van der Waals surface area contributed by atoms with Gasteiger partial charge in [-0.15, -0.1) is 0 Å². The van der Waals surface area contributed by atoms with E-state index in [1.54, 1.807) is 7.05 Å². The van der Waals surface area contributed by atoms with Crippen molar-refractivity contribution in [1.82, 2.24) is 20.5 Å². The predicted octanol–water partition coefficient (Wildman–Crippen LogP) is 1.39. The molecule has 0 radical (unpaired) electrons. The van der Waals surface area contributed by atoms with Crippen LogP contribution in [0.4, 0.5) is 8.78 Å². The number of aromatic amines is 1. The van der Waals surface area contributed by atoms with Crippen molar-refractivity contribution >= 4 is 0 Å². The highest BCUT2D eigenvalue weighted by atomic mass is 19.1. The van der Waals surface area contributed by atoms with Crippen molar-refractivity contribution in [2.24, 2.45) is 0 Å². The van der Waals surface area contributed by atoms with Crippen molar-refractivity contribution < 1.29 is 8.78 Å². The lowest BCUT2D eigenvalue weighted by Crippen LogP contribution is -2.21. The van der Waals surface area contributed by atoms with Gasteiger partial charge in [0.15, 0.2) is 0 Å². The van der Waals surface area contributed by atoms with Crippen molar-refractivity contribution in [2.45, 2.75) is 6.04 Å². The third-order valence-electron chi connectivity index (χ3n) is 2.28. The monoisotopic (exact) mass is 224 g/mol. The molecule has 1 aromatic carbocycles. The Morgan fingerprint density at radius 3 is 2.50 bits per heavy atom. The maximum absolute atomic E-state index is 13.5. The molecule has 0 saturated heterocycles. The highest BCUT2D eigenvalue weighted by molar-refractivity contribution is 5.27. The topological polar surface area (TPSA) is 53.6 Å².